The van der Waals surface area contributed by atoms with Crippen molar-refractivity contribution < 1.29 is 115 Å². The largest absolute Gasteiger partial charge is 0.756 e. The summed E-state index contributed by atoms with van der Waals surface area (Å²) >= 11 is 0. The van der Waals surface area contributed by atoms with Crippen molar-refractivity contribution in [3.05, 3.63) is 12.7 Å². The third kappa shape index (κ3) is 11.9. The summed E-state index contributed by atoms with van der Waals surface area (Å²) in [5.74, 6) is -1.55. The summed E-state index contributed by atoms with van der Waals surface area (Å²) < 4.78 is 77.0. The number of aliphatic hydroxyl groups is 6. The minimum Gasteiger partial charge on any atom is -0.756 e. The predicted octanol–water partition coefficient (Wildman–Crippen LogP) is -5.87. The Labute approximate surface area is 312 Å². The molecule has 0 amide bonds. The number of anilines is 1. The zero-order chi connectivity index (χ0) is 41.9. The lowest BCUT2D eigenvalue weighted by molar-refractivity contribution is -0.247. The van der Waals surface area contributed by atoms with Gasteiger partial charge in [-0.3, -0.25) is 27.8 Å². The molecule has 0 radical (unpaired) electrons. The van der Waals surface area contributed by atoms with E-state index in [0.29, 0.717) is 0 Å². The number of carbonyl (C=O) groups excluding carboxylic acids is 2. The van der Waals surface area contributed by atoms with Gasteiger partial charge in [0.15, 0.2) is 42.5 Å². The fourth-order valence-electron chi connectivity index (χ4n) is 5.17. The molecule has 3 fully saturated rings. The van der Waals surface area contributed by atoms with Crippen LogP contribution in [0.1, 0.15) is 20.1 Å². The van der Waals surface area contributed by atoms with Gasteiger partial charge in [-0.1, -0.05) is 0 Å². The molecule has 5 heterocycles. The Bertz CT molecular complexity index is 1830. The molecule has 3 aliphatic rings. The molecule has 2 aromatic rings. The Kier molecular flexibility index (Phi) is 15.2. The smallest absolute Gasteiger partial charge is 0.469 e. The molecule has 0 aliphatic carbocycles. The first kappa shape index (κ1) is 46.0. The molecule has 0 saturated carbocycles. The summed E-state index contributed by atoms with van der Waals surface area (Å²) in [6.07, 6.45) is -15.9. The highest BCUT2D eigenvalue weighted by atomic mass is 31.3. The second-order valence-corrected chi connectivity index (χ2v) is 15.9. The minimum atomic E-state index is -5.66. The molecule has 318 valence electrons. The molecule has 32 heteroatoms. The number of phosphoric acid groups is 3. The molecular formula is C24H36N5O24P3-2. The van der Waals surface area contributed by atoms with Crippen LogP contribution in [-0.2, 0) is 64.9 Å². The first-order valence-corrected chi connectivity index (χ1v) is 20.0. The fraction of sp³-hybridized carbons (Fsp3) is 0.708. The van der Waals surface area contributed by atoms with E-state index in [2.05, 4.69) is 42.3 Å². The lowest BCUT2D eigenvalue weighted by atomic mass is 10.1. The number of rotatable bonds is 14. The van der Waals surface area contributed by atoms with Gasteiger partial charge in [0.05, 0.1) is 26.1 Å². The first-order chi connectivity index (χ1) is 25.9. The topological polar surface area (TPSA) is 446 Å². The van der Waals surface area contributed by atoms with Crippen LogP contribution >= 0.6 is 23.5 Å². The minimum absolute atomic E-state index is 0.0368. The highest BCUT2D eigenvalue weighted by Crippen LogP contribution is 2.56. The fourth-order valence-corrected chi connectivity index (χ4v) is 7.53. The number of carbonyl (C=O) groups is 2. The summed E-state index contributed by atoms with van der Waals surface area (Å²) in [6, 6.07) is 0. The average Bonchev–Trinajstić information content (AvgIpc) is 3.78. The van der Waals surface area contributed by atoms with Gasteiger partial charge in [-0.2, -0.15) is 0 Å². The van der Waals surface area contributed by atoms with Gasteiger partial charge in [-0.25, -0.2) is 23.8 Å². The molecule has 0 aromatic carbocycles. The van der Waals surface area contributed by atoms with Crippen molar-refractivity contribution in [2.45, 2.75) is 87.6 Å². The number of ether oxygens (including phenoxy) is 5. The van der Waals surface area contributed by atoms with Crippen LogP contribution in [0.3, 0.4) is 0 Å². The van der Waals surface area contributed by atoms with Crippen LogP contribution in [0.25, 0.3) is 11.2 Å². The Balaban J connectivity index is 0.000000343. The summed E-state index contributed by atoms with van der Waals surface area (Å²) in [5.41, 5.74) is 6.03. The maximum absolute atomic E-state index is 12.1. The molecule has 0 spiro atoms. The van der Waals surface area contributed by atoms with Crippen molar-refractivity contribution in [3.63, 3.8) is 0 Å². The van der Waals surface area contributed by atoms with Crippen molar-refractivity contribution in [1.29, 1.82) is 0 Å². The molecule has 2 aromatic heterocycles. The van der Waals surface area contributed by atoms with Gasteiger partial charge in [0, 0.05) is 13.8 Å². The molecule has 29 nitrogen and oxygen atoms in total. The molecule has 3 aliphatic heterocycles. The van der Waals surface area contributed by atoms with Crippen LogP contribution in [0.4, 0.5) is 5.82 Å². The number of phosphoric ester groups is 3. The number of aromatic nitrogens is 4. The normalized spacial score (nSPS) is 34.0. The van der Waals surface area contributed by atoms with Crippen molar-refractivity contribution in [2.24, 2.45) is 0 Å². The van der Waals surface area contributed by atoms with Gasteiger partial charge in [-0.15, -0.1) is 0 Å². The molecule has 3 saturated heterocycles. The molecule has 10 N–H and O–H groups in total. The van der Waals surface area contributed by atoms with Crippen molar-refractivity contribution in [2.75, 3.05) is 25.6 Å². The monoisotopic (exact) mass is 871 g/mol. The van der Waals surface area contributed by atoms with E-state index in [1.165, 1.54) is 10.9 Å². The van der Waals surface area contributed by atoms with Crippen molar-refractivity contribution in [3.8, 4) is 0 Å². The second-order valence-electron chi connectivity index (χ2n) is 11.7. The van der Waals surface area contributed by atoms with Crippen molar-refractivity contribution in [1.82, 2.24) is 19.5 Å². The molecule has 0 bridgehead atoms. The lowest BCUT2D eigenvalue weighted by Crippen LogP contribution is -2.37. The average molecular weight is 871 g/mol. The summed E-state index contributed by atoms with van der Waals surface area (Å²) in [5, 5.41) is 59.3. The van der Waals surface area contributed by atoms with E-state index in [9.17, 15) is 63.7 Å². The van der Waals surface area contributed by atoms with Gasteiger partial charge < -0.3 is 88.7 Å². The Hall–Kier alpha value is -2.70. The second kappa shape index (κ2) is 18.5. The number of aliphatic hydroxyl groups excluding tert-OH is 6. The third-order valence-corrected chi connectivity index (χ3v) is 10.6. The Morgan fingerprint density at radius 1 is 0.750 bits per heavy atom. The standard InChI is InChI=1S/C17H25N5O15P2.C7H13O9P/c1-6(23)34-13-11(25)8(36-17(13)27)3-33-39(30,31)37-38(28,29)32-2-7-10(24)12(26)16(35-7)22-5-21-9-14(18)19-4-20-15(9)22;1-3(8)15-6-5(9)4(16-7(6)10)2-14-17(11,12)13/h4-5,7-8,10-13,16-17,24-27H,2-3H2,1H3,(H,28,29)(H,30,31)(H2,18,19,20);4-7,9-10H,2H2,1H3,(H2,11,12,13)/p-2/t7-,8-,10?,11+,12?,13?,16-,17?;4-,5+,6?,7?/m11/s1. The highest BCUT2D eigenvalue weighted by Gasteiger charge is 2.48. The first-order valence-electron chi connectivity index (χ1n) is 15.5. The number of fused-ring (bicyclic) bond motifs is 1. The van der Waals surface area contributed by atoms with E-state index in [4.69, 9.17) is 29.7 Å². The van der Waals surface area contributed by atoms with Crippen LogP contribution < -0.4 is 15.5 Å². The van der Waals surface area contributed by atoms with E-state index in [0.717, 1.165) is 20.2 Å². The van der Waals surface area contributed by atoms with Gasteiger partial charge in [0.2, 0.25) is 0 Å². The van der Waals surface area contributed by atoms with Gasteiger partial charge >= 0.3 is 19.8 Å². The van der Waals surface area contributed by atoms with E-state index in [1.54, 1.807) is 0 Å². The highest BCUT2D eigenvalue weighted by molar-refractivity contribution is 7.59. The van der Waals surface area contributed by atoms with Gasteiger partial charge in [0.25, 0.3) is 15.6 Å². The zero-order valence-corrected chi connectivity index (χ0v) is 31.2. The van der Waals surface area contributed by atoms with Gasteiger partial charge in [-0.05, 0) is 0 Å². The number of esters is 2. The molecule has 56 heavy (non-hydrogen) atoms. The molecule has 5 rings (SSSR count). The van der Waals surface area contributed by atoms with E-state index >= 15 is 0 Å². The van der Waals surface area contributed by atoms with Crippen molar-refractivity contribution >= 4 is 52.4 Å². The van der Waals surface area contributed by atoms with E-state index in [1.807, 2.05) is 0 Å². The molecule has 8 unspecified atom stereocenters. The Morgan fingerprint density at radius 2 is 1.21 bits per heavy atom. The molecule has 14 atom stereocenters. The number of hydrogen-bond donors (Lipinski definition) is 9. The summed E-state index contributed by atoms with van der Waals surface area (Å²) in [4.78, 5) is 74.4. The van der Waals surface area contributed by atoms with Crippen LogP contribution in [0.15, 0.2) is 12.7 Å². The number of hydrogen-bond acceptors (Lipinski definition) is 26. The van der Waals surface area contributed by atoms with E-state index < -0.39 is 129 Å². The van der Waals surface area contributed by atoms with Crippen LogP contribution in [0, 0.1) is 0 Å². The number of nitrogen functional groups attached to an aromatic ring is 1. The van der Waals surface area contributed by atoms with Crippen LogP contribution in [-0.4, -0.2) is 159 Å². The van der Waals surface area contributed by atoms with Gasteiger partial charge in [0.1, 0.15) is 54.6 Å². The number of nitrogens with zero attached hydrogens (tertiary/aromatic N) is 4. The maximum atomic E-state index is 12.1. The maximum Gasteiger partial charge on any atom is 0.469 e. The Morgan fingerprint density at radius 3 is 1.68 bits per heavy atom. The number of nitrogens with two attached hydrogens (primary N) is 1. The third-order valence-electron chi connectivity index (χ3n) is 7.63. The predicted molar refractivity (Wildman–Crippen MR) is 167 cm³/mol. The zero-order valence-electron chi connectivity index (χ0n) is 28.5. The van der Waals surface area contributed by atoms with E-state index in [-0.39, 0.29) is 17.0 Å². The van der Waals surface area contributed by atoms with Crippen LogP contribution in [0.2, 0.25) is 0 Å². The summed E-state index contributed by atoms with van der Waals surface area (Å²) in [7, 11) is -16.0. The lowest BCUT2D eigenvalue weighted by Gasteiger charge is -2.32. The summed E-state index contributed by atoms with van der Waals surface area (Å²) in [6.45, 7) is -0.572. The SMILES string of the molecule is CC(=O)OC1C(O)O[C@H](COP(=O)(O)O)[C@@H]1O.CC(=O)OC1C(O)O[C@H](COP(=O)([O-])OP(=O)([O-])OC[C@H]2O[C@@H](n3cnc4c(N)ncnc43)C(O)C2O)[C@@H]1O. The number of imidazole rings is 1. The quantitative estimate of drug-likeness (QED) is 0.0630. The molecular weight excluding hydrogens is 835 g/mol. The van der Waals surface area contributed by atoms with Crippen LogP contribution in [0.5, 0.6) is 0 Å².